The van der Waals surface area contributed by atoms with Gasteiger partial charge in [0.25, 0.3) is 5.56 Å². The van der Waals surface area contributed by atoms with Crippen molar-refractivity contribution in [1.82, 2.24) is 14.9 Å². The highest BCUT2D eigenvalue weighted by molar-refractivity contribution is 7.99. The summed E-state index contributed by atoms with van der Waals surface area (Å²) in [4.78, 5) is 32.2. The molecule has 1 aromatic carbocycles. The Bertz CT molecular complexity index is 1090. The van der Waals surface area contributed by atoms with E-state index in [-0.39, 0.29) is 23.3 Å². The first kappa shape index (κ1) is 20.2. The van der Waals surface area contributed by atoms with E-state index < -0.39 is 0 Å². The maximum Gasteiger partial charge on any atom is 0.262 e. The van der Waals surface area contributed by atoms with Crippen molar-refractivity contribution in [1.29, 1.82) is 0 Å². The SMILES string of the molecule is C[C@H](Cc1ccccc1)NC(=O)CSc1nc2sc3c(c2c(=O)n1C)CCCC3. The second-order valence-electron chi connectivity index (χ2n) is 7.60. The highest BCUT2D eigenvalue weighted by Crippen LogP contribution is 2.34. The average Bonchev–Trinajstić information content (AvgIpc) is 3.08. The molecular weight excluding hydrogens is 402 g/mol. The lowest BCUT2D eigenvalue weighted by Gasteiger charge is -2.14. The molecule has 7 heteroatoms. The van der Waals surface area contributed by atoms with Gasteiger partial charge in [0.2, 0.25) is 5.91 Å². The van der Waals surface area contributed by atoms with E-state index in [9.17, 15) is 9.59 Å². The van der Waals surface area contributed by atoms with E-state index >= 15 is 0 Å². The molecule has 4 rings (SSSR count). The Hall–Kier alpha value is -2.12. The highest BCUT2D eigenvalue weighted by atomic mass is 32.2. The van der Waals surface area contributed by atoms with Crippen LogP contribution < -0.4 is 10.9 Å². The van der Waals surface area contributed by atoms with E-state index in [4.69, 9.17) is 4.98 Å². The summed E-state index contributed by atoms with van der Waals surface area (Å²) in [6.07, 6.45) is 5.13. The first-order chi connectivity index (χ1) is 14.0. The second kappa shape index (κ2) is 8.71. The van der Waals surface area contributed by atoms with Crippen LogP contribution in [0.4, 0.5) is 0 Å². The quantitative estimate of drug-likeness (QED) is 0.481. The maximum absolute atomic E-state index is 12.9. The zero-order chi connectivity index (χ0) is 20.4. The molecule has 2 heterocycles. The number of aryl methyl sites for hydroxylation is 2. The van der Waals surface area contributed by atoms with Crippen LogP contribution >= 0.6 is 23.1 Å². The van der Waals surface area contributed by atoms with Gasteiger partial charge in [0.05, 0.1) is 11.1 Å². The van der Waals surface area contributed by atoms with Crippen LogP contribution in [0.1, 0.15) is 35.8 Å². The van der Waals surface area contributed by atoms with Gasteiger partial charge in [-0.1, -0.05) is 42.1 Å². The van der Waals surface area contributed by atoms with Gasteiger partial charge in [-0.2, -0.15) is 0 Å². The predicted octanol–water partition coefficient (Wildman–Crippen LogP) is 3.71. The number of rotatable bonds is 6. The fourth-order valence-corrected chi connectivity index (χ4v) is 5.95. The number of aromatic nitrogens is 2. The molecule has 0 saturated carbocycles. The fourth-order valence-electron chi connectivity index (χ4n) is 3.86. The van der Waals surface area contributed by atoms with Crippen LogP contribution in [0.5, 0.6) is 0 Å². The molecule has 3 aromatic rings. The second-order valence-corrected chi connectivity index (χ2v) is 9.62. The molecular formula is C22H25N3O2S2. The van der Waals surface area contributed by atoms with Crippen LogP contribution in [0.15, 0.2) is 40.3 Å². The lowest BCUT2D eigenvalue weighted by molar-refractivity contribution is -0.119. The van der Waals surface area contributed by atoms with E-state index in [0.29, 0.717) is 5.16 Å². The molecule has 1 amide bonds. The Morgan fingerprint density at radius 3 is 2.83 bits per heavy atom. The molecule has 2 aromatic heterocycles. The van der Waals surface area contributed by atoms with Gasteiger partial charge in [0.15, 0.2) is 5.16 Å². The van der Waals surface area contributed by atoms with Gasteiger partial charge < -0.3 is 5.32 Å². The largest absolute Gasteiger partial charge is 0.353 e. The molecule has 0 fully saturated rings. The van der Waals surface area contributed by atoms with Crippen molar-refractivity contribution in [2.75, 3.05) is 5.75 Å². The van der Waals surface area contributed by atoms with E-state index in [1.165, 1.54) is 34.2 Å². The van der Waals surface area contributed by atoms with E-state index in [0.717, 1.165) is 35.9 Å². The summed E-state index contributed by atoms with van der Waals surface area (Å²) < 4.78 is 1.59. The number of benzene rings is 1. The van der Waals surface area contributed by atoms with E-state index in [1.807, 2.05) is 25.1 Å². The lowest BCUT2D eigenvalue weighted by atomic mass is 9.97. The Kier molecular flexibility index (Phi) is 6.06. The molecule has 0 radical (unpaired) electrons. The molecule has 5 nitrogen and oxygen atoms in total. The minimum Gasteiger partial charge on any atom is -0.353 e. The molecule has 1 aliphatic carbocycles. The Morgan fingerprint density at radius 1 is 1.28 bits per heavy atom. The third kappa shape index (κ3) is 4.41. The number of nitrogens with one attached hydrogen (secondary N) is 1. The van der Waals surface area contributed by atoms with Crippen LogP contribution in [0.3, 0.4) is 0 Å². The lowest BCUT2D eigenvalue weighted by Crippen LogP contribution is -2.35. The zero-order valence-corrected chi connectivity index (χ0v) is 18.4. The van der Waals surface area contributed by atoms with Crippen molar-refractivity contribution in [2.24, 2.45) is 7.05 Å². The first-order valence-electron chi connectivity index (χ1n) is 10.0. The average molecular weight is 428 g/mol. The van der Waals surface area contributed by atoms with Gasteiger partial charge >= 0.3 is 0 Å². The molecule has 0 unspecified atom stereocenters. The predicted molar refractivity (Wildman–Crippen MR) is 120 cm³/mol. The number of nitrogens with zero attached hydrogens (tertiary/aromatic N) is 2. The number of carbonyl (C=O) groups is 1. The summed E-state index contributed by atoms with van der Waals surface area (Å²) in [6.45, 7) is 2.01. The number of hydrogen-bond acceptors (Lipinski definition) is 5. The number of fused-ring (bicyclic) bond motifs is 3. The smallest absolute Gasteiger partial charge is 0.262 e. The standard InChI is InChI=1S/C22H25N3O2S2/c1-14(12-15-8-4-3-5-9-15)23-18(26)13-28-22-24-20-19(21(27)25(22)2)16-10-6-7-11-17(16)29-20/h3-5,8-9,14H,6-7,10-13H2,1-2H3,(H,23,26)/t14-/m1/s1. The van der Waals surface area contributed by atoms with Gasteiger partial charge in [-0.3, -0.25) is 14.2 Å². The molecule has 152 valence electrons. The van der Waals surface area contributed by atoms with Crippen LogP contribution in [-0.4, -0.2) is 27.3 Å². The molecule has 29 heavy (non-hydrogen) atoms. The summed E-state index contributed by atoms with van der Waals surface area (Å²) in [7, 11) is 1.75. The van der Waals surface area contributed by atoms with Crippen LogP contribution in [0, 0.1) is 0 Å². The molecule has 0 spiro atoms. The summed E-state index contributed by atoms with van der Waals surface area (Å²) in [5, 5.41) is 4.43. The minimum absolute atomic E-state index is 0.00903. The summed E-state index contributed by atoms with van der Waals surface area (Å²) >= 11 is 2.97. The molecule has 0 saturated heterocycles. The van der Waals surface area contributed by atoms with Crippen molar-refractivity contribution in [3.8, 4) is 0 Å². The molecule has 1 atom stereocenters. The fraction of sp³-hybridized carbons (Fsp3) is 0.409. The Balaban J connectivity index is 1.43. The van der Waals surface area contributed by atoms with E-state index in [1.54, 1.807) is 23.0 Å². The zero-order valence-electron chi connectivity index (χ0n) is 16.7. The highest BCUT2D eigenvalue weighted by Gasteiger charge is 2.21. The van der Waals surface area contributed by atoms with Crippen LogP contribution in [0.25, 0.3) is 10.2 Å². The third-order valence-electron chi connectivity index (χ3n) is 5.28. The number of thiophene rings is 1. The maximum atomic E-state index is 12.9. The molecule has 1 aliphatic rings. The third-order valence-corrected chi connectivity index (χ3v) is 7.50. The number of carbonyl (C=O) groups excluding carboxylic acids is 1. The van der Waals surface area contributed by atoms with E-state index in [2.05, 4.69) is 17.4 Å². The number of amides is 1. The normalized spacial score (nSPS) is 14.6. The first-order valence-corrected chi connectivity index (χ1v) is 11.8. The van der Waals surface area contributed by atoms with Crippen molar-refractivity contribution in [3.05, 3.63) is 56.7 Å². The van der Waals surface area contributed by atoms with Crippen molar-refractivity contribution >= 4 is 39.2 Å². The molecule has 0 bridgehead atoms. The van der Waals surface area contributed by atoms with Crippen LogP contribution in [-0.2, 0) is 31.1 Å². The Morgan fingerprint density at radius 2 is 2.03 bits per heavy atom. The molecule has 0 aliphatic heterocycles. The summed E-state index contributed by atoms with van der Waals surface area (Å²) in [5.41, 5.74) is 2.41. The number of thioether (sulfide) groups is 1. The monoisotopic (exact) mass is 427 g/mol. The van der Waals surface area contributed by atoms with Crippen molar-refractivity contribution in [2.45, 2.75) is 50.2 Å². The van der Waals surface area contributed by atoms with Gasteiger partial charge in [0, 0.05) is 18.0 Å². The molecule has 1 N–H and O–H groups in total. The summed E-state index contributed by atoms with van der Waals surface area (Å²) in [5.74, 6) is 0.203. The van der Waals surface area contributed by atoms with Gasteiger partial charge in [-0.05, 0) is 50.2 Å². The number of hydrogen-bond donors (Lipinski definition) is 1. The Labute approximate surface area is 178 Å². The summed E-state index contributed by atoms with van der Waals surface area (Å²) in [6, 6.07) is 10.2. The van der Waals surface area contributed by atoms with Gasteiger partial charge in [0.1, 0.15) is 4.83 Å². The van der Waals surface area contributed by atoms with Gasteiger partial charge in [-0.15, -0.1) is 11.3 Å². The minimum atomic E-state index is -0.0433. The topological polar surface area (TPSA) is 64.0 Å². The van der Waals surface area contributed by atoms with Gasteiger partial charge in [-0.25, -0.2) is 4.98 Å². The van der Waals surface area contributed by atoms with Crippen molar-refractivity contribution < 1.29 is 4.79 Å². The van der Waals surface area contributed by atoms with Crippen molar-refractivity contribution in [3.63, 3.8) is 0 Å². The van der Waals surface area contributed by atoms with Crippen LogP contribution in [0.2, 0.25) is 0 Å².